The highest BCUT2D eigenvalue weighted by Gasteiger charge is 2.44. The molecule has 32 heavy (non-hydrogen) atoms. The van der Waals surface area contributed by atoms with E-state index in [0.717, 1.165) is 24.1 Å². The number of amides is 1. The lowest BCUT2D eigenvalue weighted by Gasteiger charge is -2.19. The minimum Gasteiger partial charge on any atom is -0.497 e. The summed E-state index contributed by atoms with van der Waals surface area (Å²) < 4.78 is 39.8. The molecule has 2 aromatic carbocycles. The molecule has 10 heteroatoms. The first kappa shape index (κ1) is 20.7. The lowest BCUT2D eigenvalue weighted by molar-refractivity contribution is -0.119. The normalized spacial score (nSPS) is 24.3. The molecule has 0 spiro atoms. The van der Waals surface area contributed by atoms with Crippen molar-refractivity contribution in [3.63, 3.8) is 0 Å². The number of methoxy groups -OCH3 is 1. The molecule has 2 aliphatic rings. The van der Waals surface area contributed by atoms with Crippen molar-refractivity contribution >= 4 is 23.5 Å². The number of halogens is 3. The van der Waals surface area contributed by atoms with Gasteiger partial charge in [0, 0.05) is 41.1 Å². The molecule has 2 fully saturated rings. The molecule has 3 unspecified atom stereocenters. The van der Waals surface area contributed by atoms with Crippen LogP contribution in [0.5, 0.6) is 5.75 Å². The fourth-order valence-corrected chi connectivity index (χ4v) is 4.44. The number of anilines is 1. The van der Waals surface area contributed by atoms with Crippen molar-refractivity contribution in [2.75, 3.05) is 19.0 Å². The lowest BCUT2D eigenvalue weighted by Crippen LogP contribution is -2.33. The molecule has 2 N–H and O–H groups in total. The van der Waals surface area contributed by atoms with Crippen LogP contribution in [0, 0.1) is 11.6 Å². The maximum absolute atomic E-state index is 14.6. The van der Waals surface area contributed by atoms with Gasteiger partial charge < -0.3 is 19.8 Å². The summed E-state index contributed by atoms with van der Waals surface area (Å²) in [6.07, 6.45) is 0.844. The maximum Gasteiger partial charge on any atom is 0.316 e. The zero-order valence-corrected chi connectivity index (χ0v) is 17.7. The van der Waals surface area contributed by atoms with Gasteiger partial charge in [0.1, 0.15) is 23.4 Å². The van der Waals surface area contributed by atoms with Crippen LogP contribution in [0.25, 0.3) is 0 Å². The number of nitrogens with one attached hydrogen (secondary N) is 2. The molecule has 0 bridgehead atoms. The average molecular weight is 461 g/mol. The van der Waals surface area contributed by atoms with Crippen molar-refractivity contribution in [1.29, 1.82) is 0 Å². The van der Waals surface area contributed by atoms with Crippen LogP contribution in [0.3, 0.4) is 0 Å². The van der Waals surface area contributed by atoms with E-state index >= 15 is 0 Å². The Morgan fingerprint density at radius 1 is 1.16 bits per heavy atom. The summed E-state index contributed by atoms with van der Waals surface area (Å²) >= 11 is 6.07. The molecular weight excluding hydrogens is 442 g/mol. The van der Waals surface area contributed by atoms with Gasteiger partial charge in [-0.2, -0.15) is 0 Å². The Morgan fingerprint density at radius 2 is 1.94 bits per heavy atom. The molecular formula is C22H19ClF2N4O3. The molecule has 1 saturated carbocycles. The van der Waals surface area contributed by atoms with Crippen LogP contribution in [0.15, 0.2) is 40.8 Å². The summed E-state index contributed by atoms with van der Waals surface area (Å²) in [7, 11) is 1.32. The van der Waals surface area contributed by atoms with Gasteiger partial charge in [0.2, 0.25) is 11.8 Å². The van der Waals surface area contributed by atoms with Gasteiger partial charge >= 0.3 is 6.01 Å². The Bertz CT molecular complexity index is 1160. The summed E-state index contributed by atoms with van der Waals surface area (Å²) in [4.78, 5) is 12.4. The summed E-state index contributed by atoms with van der Waals surface area (Å²) in [5.41, 5.74) is 0.889. The smallest absolute Gasteiger partial charge is 0.316 e. The van der Waals surface area contributed by atoms with E-state index in [2.05, 4.69) is 20.8 Å². The Hall–Kier alpha value is -3.20. The topological polar surface area (TPSA) is 89.3 Å². The van der Waals surface area contributed by atoms with Gasteiger partial charge in [0.15, 0.2) is 0 Å². The molecule has 1 aliphatic heterocycles. The average Bonchev–Trinajstić information content (AvgIpc) is 3.31. The third kappa shape index (κ3) is 3.77. The first-order valence-corrected chi connectivity index (χ1v) is 10.5. The second-order valence-electron chi connectivity index (χ2n) is 7.93. The quantitative estimate of drug-likeness (QED) is 0.578. The van der Waals surface area contributed by atoms with Crippen LogP contribution < -0.4 is 15.4 Å². The van der Waals surface area contributed by atoms with Gasteiger partial charge in [-0.1, -0.05) is 28.8 Å². The van der Waals surface area contributed by atoms with Crippen LogP contribution in [0.1, 0.15) is 41.2 Å². The van der Waals surface area contributed by atoms with Gasteiger partial charge in [-0.25, -0.2) is 8.78 Å². The number of hydrogen-bond donors (Lipinski definition) is 2. The Balaban J connectivity index is 1.33. The summed E-state index contributed by atoms with van der Waals surface area (Å²) in [6, 6.07) is 8.85. The van der Waals surface area contributed by atoms with Gasteiger partial charge in [0.05, 0.1) is 7.11 Å². The van der Waals surface area contributed by atoms with Crippen molar-refractivity contribution in [3.05, 3.63) is 70.1 Å². The maximum atomic E-state index is 14.6. The highest BCUT2D eigenvalue weighted by molar-refractivity contribution is 6.30. The standard InChI is InChI=1S/C22H19ClF2N4O3/c1-31-12-6-16(24)18(17(25)7-12)15-9-26-20(30)19(15)27-22-29-28-21(32-22)14-8-13(14)10-3-2-4-11(23)5-10/h2-7,13-15,19H,8-9H2,1H3,(H,26,30)(H,27,29)/t13?,14?,15?,19-/m1/s1. The molecule has 166 valence electrons. The van der Waals surface area contributed by atoms with E-state index in [1.54, 1.807) is 0 Å². The minimum atomic E-state index is -0.969. The number of carbonyl (C=O) groups is 1. The molecule has 1 amide bonds. The van der Waals surface area contributed by atoms with E-state index in [0.29, 0.717) is 10.9 Å². The fourth-order valence-electron chi connectivity index (χ4n) is 4.24. The van der Waals surface area contributed by atoms with Crippen molar-refractivity contribution < 1.29 is 22.7 Å². The third-order valence-electron chi connectivity index (χ3n) is 5.94. The van der Waals surface area contributed by atoms with Gasteiger partial charge in [-0.05, 0) is 30.0 Å². The van der Waals surface area contributed by atoms with E-state index in [1.807, 2.05) is 24.3 Å². The Kier molecular flexibility index (Phi) is 5.21. The fraction of sp³-hybridized carbons (Fsp3) is 0.318. The van der Waals surface area contributed by atoms with Crippen LogP contribution >= 0.6 is 11.6 Å². The minimum absolute atomic E-state index is 0.0260. The number of benzene rings is 2. The largest absolute Gasteiger partial charge is 0.497 e. The Morgan fingerprint density at radius 3 is 2.66 bits per heavy atom. The van der Waals surface area contributed by atoms with Crippen molar-refractivity contribution in [3.8, 4) is 5.75 Å². The van der Waals surface area contributed by atoms with Crippen molar-refractivity contribution in [2.45, 2.75) is 30.2 Å². The highest BCUT2D eigenvalue weighted by Crippen LogP contribution is 2.54. The zero-order valence-electron chi connectivity index (χ0n) is 16.9. The zero-order chi connectivity index (χ0) is 22.4. The predicted molar refractivity (Wildman–Crippen MR) is 112 cm³/mol. The van der Waals surface area contributed by atoms with Gasteiger partial charge in [0.25, 0.3) is 0 Å². The monoisotopic (exact) mass is 460 g/mol. The molecule has 3 aromatic rings. The van der Waals surface area contributed by atoms with Crippen molar-refractivity contribution in [1.82, 2.24) is 15.5 Å². The molecule has 2 heterocycles. The third-order valence-corrected chi connectivity index (χ3v) is 6.18. The van der Waals surface area contributed by atoms with Gasteiger partial charge in [-0.15, -0.1) is 5.10 Å². The number of hydrogen-bond acceptors (Lipinski definition) is 6. The first-order chi connectivity index (χ1) is 15.4. The number of rotatable bonds is 6. The summed E-state index contributed by atoms with van der Waals surface area (Å²) in [5, 5.41) is 14.2. The van der Waals surface area contributed by atoms with Crippen molar-refractivity contribution in [2.24, 2.45) is 0 Å². The molecule has 4 atom stereocenters. The van der Waals surface area contributed by atoms with E-state index in [-0.39, 0.29) is 35.7 Å². The molecule has 0 radical (unpaired) electrons. The van der Waals surface area contributed by atoms with Crippen LogP contribution in [0.2, 0.25) is 5.02 Å². The highest BCUT2D eigenvalue weighted by atomic mass is 35.5. The second-order valence-corrected chi connectivity index (χ2v) is 8.36. The number of ether oxygens (including phenoxy) is 1. The van der Waals surface area contributed by atoms with E-state index in [1.165, 1.54) is 7.11 Å². The number of carbonyl (C=O) groups excluding carboxylic acids is 1. The SMILES string of the molecule is COc1cc(F)c(C2CNC(=O)[C@@H]2Nc2nnc(C3CC3c3cccc(Cl)c3)o2)c(F)c1. The van der Waals surface area contributed by atoms with Crippen LogP contribution in [-0.2, 0) is 4.79 Å². The molecule has 1 aliphatic carbocycles. The summed E-state index contributed by atoms with van der Waals surface area (Å²) in [5.74, 6) is -2.00. The molecule has 1 saturated heterocycles. The Labute approximate surface area is 187 Å². The second kappa shape index (κ2) is 8.05. The lowest BCUT2D eigenvalue weighted by atomic mass is 9.93. The molecule has 7 nitrogen and oxygen atoms in total. The van der Waals surface area contributed by atoms with Crippen LogP contribution in [0.4, 0.5) is 14.8 Å². The summed E-state index contributed by atoms with van der Waals surface area (Å²) in [6.45, 7) is 0.0666. The molecule has 5 rings (SSSR count). The van der Waals surface area contributed by atoms with E-state index < -0.39 is 29.5 Å². The molecule has 1 aromatic heterocycles. The van der Waals surface area contributed by atoms with Crippen LogP contribution in [-0.4, -0.2) is 35.8 Å². The number of aromatic nitrogens is 2. The van der Waals surface area contributed by atoms with E-state index in [4.69, 9.17) is 20.8 Å². The number of nitrogens with zero attached hydrogens (tertiary/aromatic N) is 2. The predicted octanol–water partition coefficient (Wildman–Crippen LogP) is 3.98. The van der Waals surface area contributed by atoms with E-state index in [9.17, 15) is 13.6 Å². The van der Waals surface area contributed by atoms with Gasteiger partial charge in [-0.3, -0.25) is 4.79 Å². The first-order valence-electron chi connectivity index (χ1n) is 10.1.